The molecule has 422 valence electrons. The molecule has 0 radical (unpaired) electrons. The van der Waals surface area contributed by atoms with Crippen molar-refractivity contribution in [2.24, 2.45) is 0 Å². The zero-order chi connectivity index (χ0) is 54.8. The van der Waals surface area contributed by atoms with Crippen molar-refractivity contribution in [3.63, 3.8) is 0 Å². The van der Waals surface area contributed by atoms with Crippen molar-refractivity contribution in [2.45, 2.75) is 82.8 Å². The number of rotatable bonds is 36. The SMILES string of the molecule is Nc1nc2ncc(CNc3ccc(C(=O)N[C@@H](CCC(=O)CCCCOCCOCCOCCCCc4c(NCCCC(C(=O)[O-])N5CCN(CC=O)CCN(CC(=O)[O-])CC5)c(=O)c4=O)C(=O)O)cc3)nc2c(=O)[nH]1.[Ga+3].[OH-]. The summed E-state index contributed by atoms with van der Waals surface area (Å²) in [4.78, 5) is 129. The van der Waals surface area contributed by atoms with E-state index in [1.54, 1.807) is 21.9 Å². The molecule has 78 heavy (non-hydrogen) atoms. The van der Waals surface area contributed by atoms with E-state index < -0.39 is 52.3 Å². The molecule has 27 nitrogen and oxygen atoms in total. The van der Waals surface area contributed by atoms with E-state index in [1.807, 2.05) is 4.90 Å². The van der Waals surface area contributed by atoms with Gasteiger partial charge in [-0.3, -0.25) is 43.7 Å². The van der Waals surface area contributed by atoms with E-state index in [2.05, 4.69) is 35.9 Å². The topological polar surface area (TPSA) is 404 Å². The molecule has 0 spiro atoms. The van der Waals surface area contributed by atoms with Gasteiger partial charge < -0.3 is 71.1 Å². The standard InChI is InChI=1S/C50H69N11O15.Ga.H2O/c51-50-57-45-42(47(69)58-50)55-35(31-54-45)30-53-34-11-9-33(10-12-34)46(68)56-38(48(70)71)14-13-36(63)6-1-3-24-74-26-28-76-29-27-75-25-4-2-7-37-41(44(67)43(37)66)52-15-5-8-39(49(72)73)61-20-18-59(22-23-62)16-17-60(19-21-61)32-40(64)65;;/h9-12,23,31,38-39,52-53H,1-8,13-22,24-30,32H2,(H,56,68)(H,64,65)(H,70,71)(H,72,73)(H3,51,54,57,58,69);;1H2/q;+3;/p-3/t38-,39?;;/m0../s1. The molecular formula is C50H68GaN11O16. The summed E-state index contributed by atoms with van der Waals surface area (Å²) in [5.41, 5.74) is 5.99. The maximum Gasteiger partial charge on any atom is 3.00 e. The number of aldehydes is 1. The van der Waals surface area contributed by atoms with Crippen LogP contribution in [0.15, 0.2) is 44.8 Å². The molecule has 2 aromatic carbocycles. The molecule has 0 saturated carbocycles. The number of aliphatic carboxylic acids is 3. The van der Waals surface area contributed by atoms with Gasteiger partial charge in [0.05, 0.1) is 69.0 Å². The Balaban J connectivity index is 0.00000800. The van der Waals surface area contributed by atoms with Gasteiger partial charge in [0, 0.05) is 101 Å². The van der Waals surface area contributed by atoms with Gasteiger partial charge >= 0.3 is 25.8 Å². The number of hydrogen-bond donors (Lipinski definition) is 6. The number of nitrogens with zero attached hydrogens (tertiary/aromatic N) is 6. The van der Waals surface area contributed by atoms with Crippen LogP contribution in [0, 0.1) is 0 Å². The van der Waals surface area contributed by atoms with Crippen molar-refractivity contribution in [2.75, 3.05) is 115 Å². The number of ketones is 1. The summed E-state index contributed by atoms with van der Waals surface area (Å²) in [7, 11) is 0. The minimum atomic E-state index is -1.28. The van der Waals surface area contributed by atoms with Crippen molar-refractivity contribution >= 4 is 84.2 Å². The molecule has 1 aliphatic rings. The fraction of sp³-hybridized carbons (Fsp3) is 0.560. The number of aromatic nitrogens is 4. The Labute approximate surface area is 462 Å². The van der Waals surface area contributed by atoms with Crippen molar-refractivity contribution < 1.29 is 63.8 Å². The predicted octanol–water partition coefficient (Wildman–Crippen LogP) is -3.10. The van der Waals surface area contributed by atoms with Crippen LogP contribution in [-0.4, -0.2) is 212 Å². The third kappa shape index (κ3) is 22.1. The van der Waals surface area contributed by atoms with Gasteiger partial charge in [-0.1, -0.05) is 0 Å². The number of unbranched alkanes of at least 4 members (excludes halogenated alkanes) is 2. The molecule has 1 fully saturated rings. The summed E-state index contributed by atoms with van der Waals surface area (Å²) in [5.74, 6) is -4.59. The maximum atomic E-state index is 12.9. The number of nitrogens with two attached hydrogens (primary N) is 1. The van der Waals surface area contributed by atoms with Gasteiger partial charge in [0.2, 0.25) is 16.8 Å². The first kappa shape index (κ1) is 65.8. The summed E-state index contributed by atoms with van der Waals surface area (Å²) in [6.45, 7) is 4.58. The number of nitrogen functional groups attached to an aromatic ring is 1. The first-order valence-corrected chi connectivity index (χ1v) is 25.4. The molecule has 1 unspecified atom stereocenters. The molecule has 1 aliphatic heterocycles. The molecule has 5 rings (SSSR count). The fourth-order valence-corrected chi connectivity index (χ4v) is 8.41. The molecule has 4 aromatic rings. The quantitative estimate of drug-likeness (QED) is 0.0114. The Morgan fingerprint density at radius 3 is 2.09 bits per heavy atom. The summed E-state index contributed by atoms with van der Waals surface area (Å²) >= 11 is 0. The first-order valence-electron chi connectivity index (χ1n) is 25.4. The van der Waals surface area contributed by atoms with Gasteiger partial charge in [-0.15, -0.1) is 0 Å². The number of nitrogens with one attached hydrogen (secondary N) is 4. The number of amides is 1. The summed E-state index contributed by atoms with van der Waals surface area (Å²) in [5, 5.41) is 41.8. The second-order valence-corrected chi connectivity index (χ2v) is 18.2. The molecule has 2 atom stereocenters. The Bertz CT molecular complexity index is 2690. The zero-order valence-corrected chi connectivity index (χ0v) is 45.9. The molecule has 0 bridgehead atoms. The van der Waals surface area contributed by atoms with Crippen molar-refractivity contribution in [3.8, 4) is 0 Å². The second-order valence-electron chi connectivity index (χ2n) is 18.2. The normalized spacial score (nSPS) is 14.2. The Morgan fingerprint density at radius 2 is 1.44 bits per heavy atom. The number of H-pyrrole nitrogens is 1. The van der Waals surface area contributed by atoms with Crippen LogP contribution >= 0.6 is 0 Å². The Hall–Kier alpha value is -6.50. The number of carbonyl (C=O) groups is 6. The molecule has 1 saturated heterocycles. The van der Waals surface area contributed by atoms with Gasteiger partial charge in [-0.2, -0.15) is 4.98 Å². The Kier molecular flexibility index (Phi) is 29.6. The first-order chi connectivity index (χ1) is 36.6. The number of hydrogen-bond acceptors (Lipinski definition) is 24. The molecule has 28 heteroatoms. The number of ether oxygens (including phenoxy) is 3. The minimum Gasteiger partial charge on any atom is -0.870 e. The van der Waals surface area contributed by atoms with Gasteiger partial charge in [-0.25, -0.2) is 14.8 Å². The van der Waals surface area contributed by atoms with E-state index in [0.717, 1.165) is 6.29 Å². The van der Waals surface area contributed by atoms with Crippen molar-refractivity contribution in [3.05, 3.63) is 78.1 Å². The Morgan fingerprint density at radius 1 is 0.795 bits per heavy atom. The van der Waals surface area contributed by atoms with E-state index in [4.69, 9.17) is 19.9 Å². The fourth-order valence-electron chi connectivity index (χ4n) is 8.41. The maximum absolute atomic E-state index is 12.9. The second kappa shape index (κ2) is 35.1. The van der Waals surface area contributed by atoms with Crippen LogP contribution in [-0.2, 0) is 51.1 Å². The number of carboxylic acid groups (broad SMARTS) is 3. The van der Waals surface area contributed by atoms with Crippen LogP contribution in [0.1, 0.15) is 79.4 Å². The summed E-state index contributed by atoms with van der Waals surface area (Å²) in [6, 6.07) is 4.04. The van der Waals surface area contributed by atoms with Crippen molar-refractivity contribution in [1.29, 1.82) is 0 Å². The number of anilines is 3. The third-order valence-electron chi connectivity index (χ3n) is 12.6. The monoisotopic (exact) mass is 1150 g/mol. The molecular weight excluding hydrogens is 1080 g/mol. The smallest absolute Gasteiger partial charge is 0.870 e. The number of carbonyl (C=O) groups excluding carboxylic acids is 5. The predicted molar refractivity (Wildman–Crippen MR) is 280 cm³/mol. The average molecular weight is 1150 g/mol. The van der Waals surface area contributed by atoms with E-state index in [9.17, 15) is 58.5 Å². The summed E-state index contributed by atoms with van der Waals surface area (Å²) in [6.07, 6.45) is 5.66. The van der Waals surface area contributed by atoms with Crippen LogP contribution in [0.5, 0.6) is 0 Å². The molecule has 2 aromatic heterocycles. The van der Waals surface area contributed by atoms with Gasteiger partial charge in [0.1, 0.15) is 18.1 Å². The molecule has 1 amide bonds. The van der Waals surface area contributed by atoms with Crippen LogP contribution in [0.2, 0.25) is 0 Å². The third-order valence-corrected chi connectivity index (χ3v) is 12.6. The largest absolute Gasteiger partial charge is 3.00 e. The van der Waals surface area contributed by atoms with Crippen LogP contribution < -0.4 is 48.3 Å². The number of Topliss-reactive ketones (excluding diaryl/α,β-unsaturated/α-hetero) is 1. The van der Waals surface area contributed by atoms with E-state index in [0.29, 0.717) is 121 Å². The molecule has 8 N–H and O–H groups in total. The number of carboxylic acids is 3. The minimum absolute atomic E-state index is 0. The van der Waals surface area contributed by atoms with Crippen LogP contribution in [0.3, 0.4) is 0 Å². The number of fused-ring (bicyclic) bond motifs is 1. The number of benzene rings is 1. The molecule has 0 aliphatic carbocycles. The zero-order valence-electron chi connectivity index (χ0n) is 43.5. The van der Waals surface area contributed by atoms with Gasteiger partial charge in [0.25, 0.3) is 11.5 Å². The van der Waals surface area contributed by atoms with E-state index in [1.165, 1.54) is 18.3 Å². The number of aromatic amines is 1. The van der Waals surface area contributed by atoms with E-state index in [-0.39, 0.29) is 124 Å². The van der Waals surface area contributed by atoms with Crippen LogP contribution in [0.25, 0.3) is 11.2 Å². The summed E-state index contributed by atoms with van der Waals surface area (Å²) < 4.78 is 16.7. The van der Waals surface area contributed by atoms with Crippen LogP contribution in [0.4, 0.5) is 17.3 Å². The van der Waals surface area contributed by atoms with E-state index >= 15 is 0 Å². The van der Waals surface area contributed by atoms with Crippen molar-refractivity contribution in [1.82, 2.24) is 40.0 Å². The van der Waals surface area contributed by atoms with Gasteiger partial charge in [-0.05, 0) is 75.6 Å². The van der Waals surface area contributed by atoms with Gasteiger partial charge in [0.15, 0.2) is 11.2 Å². The molecule has 3 heterocycles. The average Bonchev–Trinajstić information content (AvgIpc) is 3.50.